The van der Waals surface area contributed by atoms with Crippen LogP contribution in [0.3, 0.4) is 0 Å². The summed E-state index contributed by atoms with van der Waals surface area (Å²) in [6.07, 6.45) is 4.63. The molecule has 2 heterocycles. The van der Waals surface area contributed by atoms with Gasteiger partial charge < -0.3 is 5.32 Å². The molecule has 4 heteroatoms. The van der Waals surface area contributed by atoms with Gasteiger partial charge in [0.1, 0.15) is 0 Å². The molecule has 0 unspecified atom stereocenters. The molecule has 0 aliphatic carbocycles. The third-order valence-electron chi connectivity index (χ3n) is 3.02. The van der Waals surface area contributed by atoms with Crippen LogP contribution < -0.4 is 5.32 Å². The smallest absolute Gasteiger partial charge is 0.160 e. The summed E-state index contributed by atoms with van der Waals surface area (Å²) in [6.45, 7) is 3.08. The molecular formula is C15H16N4. The van der Waals surface area contributed by atoms with Crippen LogP contribution in [-0.2, 0) is 6.54 Å². The van der Waals surface area contributed by atoms with E-state index in [0.717, 1.165) is 35.4 Å². The van der Waals surface area contributed by atoms with Crippen molar-refractivity contribution in [3.8, 4) is 0 Å². The van der Waals surface area contributed by atoms with Crippen molar-refractivity contribution in [1.82, 2.24) is 14.8 Å². The normalized spacial score (nSPS) is 10.8. The maximum absolute atomic E-state index is 4.65. The summed E-state index contributed by atoms with van der Waals surface area (Å²) in [4.78, 5) is 4.11. The molecule has 3 rings (SSSR count). The highest BCUT2D eigenvalue weighted by molar-refractivity contribution is 5.91. The van der Waals surface area contributed by atoms with E-state index in [1.807, 2.05) is 28.9 Å². The summed E-state index contributed by atoms with van der Waals surface area (Å²) in [5, 5.41) is 9.12. The van der Waals surface area contributed by atoms with Crippen molar-refractivity contribution in [1.29, 1.82) is 0 Å². The number of hydrogen-bond acceptors (Lipinski definition) is 3. The van der Waals surface area contributed by atoms with Gasteiger partial charge in [0.2, 0.25) is 0 Å². The average Bonchev–Trinajstić information content (AvgIpc) is 2.79. The molecule has 0 saturated heterocycles. The second-order valence-electron chi connectivity index (χ2n) is 4.46. The van der Waals surface area contributed by atoms with Gasteiger partial charge in [-0.25, -0.2) is 0 Å². The van der Waals surface area contributed by atoms with Crippen LogP contribution in [0.1, 0.15) is 13.3 Å². The van der Waals surface area contributed by atoms with Crippen molar-refractivity contribution in [2.75, 3.05) is 5.32 Å². The van der Waals surface area contributed by atoms with Gasteiger partial charge in [-0.2, -0.15) is 5.10 Å². The second kappa shape index (κ2) is 5.10. The summed E-state index contributed by atoms with van der Waals surface area (Å²) < 4.78 is 2.05. The van der Waals surface area contributed by atoms with Crippen LogP contribution in [-0.4, -0.2) is 14.8 Å². The number of rotatable bonds is 4. The minimum absolute atomic E-state index is 0.886. The quantitative estimate of drug-likeness (QED) is 0.771. The predicted octanol–water partition coefficient (Wildman–Crippen LogP) is 3.58. The summed E-state index contributed by atoms with van der Waals surface area (Å²) in [5.41, 5.74) is 2.12. The lowest BCUT2D eigenvalue weighted by molar-refractivity contribution is 0.625. The van der Waals surface area contributed by atoms with Crippen molar-refractivity contribution >= 4 is 22.4 Å². The van der Waals surface area contributed by atoms with Crippen molar-refractivity contribution in [3.63, 3.8) is 0 Å². The summed E-state index contributed by atoms with van der Waals surface area (Å²) in [7, 11) is 0. The molecule has 0 aliphatic rings. The molecular weight excluding hydrogens is 236 g/mol. The number of para-hydroxylation sites is 1. The Morgan fingerprint density at radius 1 is 1.16 bits per heavy atom. The van der Waals surface area contributed by atoms with Gasteiger partial charge in [-0.3, -0.25) is 9.67 Å². The standard InChI is InChI=1S/C15H16N4/c1-2-10-19-14-8-4-3-7-13(14)15(18-19)17-12-6-5-9-16-11-12/h3-9,11H,2,10H2,1H3,(H,17,18). The fraction of sp³-hybridized carbons (Fsp3) is 0.200. The van der Waals surface area contributed by atoms with Crippen LogP contribution in [0.25, 0.3) is 10.9 Å². The van der Waals surface area contributed by atoms with E-state index in [2.05, 4.69) is 34.5 Å². The van der Waals surface area contributed by atoms with Gasteiger partial charge in [0.25, 0.3) is 0 Å². The molecule has 1 N–H and O–H groups in total. The molecule has 4 nitrogen and oxygen atoms in total. The van der Waals surface area contributed by atoms with Gasteiger partial charge in [-0.1, -0.05) is 19.1 Å². The van der Waals surface area contributed by atoms with Gasteiger partial charge in [0, 0.05) is 18.1 Å². The third kappa shape index (κ3) is 2.29. The van der Waals surface area contributed by atoms with Crippen molar-refractivity contribution in [2.45, 2.75) is 19.9 Å². The fourth-order valence-electron chi connectivity index (χ4n) is 2.18. The Morgan fingerprint density at radius 2 is 2.05 bits per heavy atom. The highest BCUT2D eigenvalue weighted by Crippen LogP contribution is 2.25. The Labute approximate surface area is 112 Å². The largest absolute Gasteiger partial charge is 0.337 e. The fourth-order valence-corrected chi connectivity index (χ4v) is 2.18. The van der Waals surface area contributed by atoms with Crippen LogP contribution in [0, 0.1) is 0 Å². The number of pyridine rings is 1. The zero-order chi connectivity index (χ0) is 13.1. The van der Waals surface area contributed by atoms with Gasteiger partial charge in [-0.05, 0) is 30.7 Å². The van der Waals surface area contributed by atoms with E-state index in [1.54, 1.807) is 12.4 Å². The first-order chi connectivity index (χ1) is 9.38. The highest BCUT2D eigenvalue weighted by Gasteiger charge is 2.09. The molecule has 0 radical (unpaired) electrons. The molecule has 0 spiro atoms. The summed E-state index contributed by atoms with van der Waals surface area (Å²) in [5.74, 6) is 0.886. The van der Waals surface area contributed by atoms with Crippen LogP contribution in [0.15, 0.2) is 48.8 Å². The highest BCUT2D eigenvalue weighted by atomic mass is 15.3. The summed E-state index contributed by atoms with van der Waals surface area (Å²) in [6, 6.07) is 12.2. The maximum Gasteiger partial charge on any atom is 0.160 e. The van der Waals surface area contributed by atoms with E-state index in [9.17, 15) is 0 Å². The lowest BCUT2D eigenvalue weighted by Crippen LogP contribution is -1.99. The van der Waals surface area contributed by atoms with E-state index in [0.29, 0.717) is 0 Å². The zero-order valence-corrected chi connectivity index (χ0v) is 10.9. The molecule has 96 valence electrons. The first kappa shape index (κ1) is 11.7. The van der Waals surface area contributed by atoms with Crippen molar-refractivity contribution < 1.29 is 0 Å². The Balaban J connectivity index is 2.03. The van der Waals surface area contributed by atoms with Gasteiger partial charge in [-0.15, -0.1) is 0 Å². The monoisotopic (exact) mass is 252 g/mol. The summed E-state index contributed by atoms with van der Waals surface area (Å²) >= 11 is 0. The Kier molecular flexibility index (Phi) is 3.14. The number of benzene rings is 1. The van der Waals surface area contributed by atoms with Crippen LogP contribution in [0.5, 0.6) is 0 Å². The molecule has 0 saturated carbocycles. The second-order valence-corrected chi connectivity index (χ2v) is 4.46. The third-order valence-corrected chi connectivity index (χ3v) is 3.02. The first-order valence-corrected chi connectivity index (χ1v) is 6.51. The van der Waals surface area contributed by atoms with E-state index < -0.39 is 0 Å². The molecule has 0 amide bonds. The minimum atomic E-state index is 0.886. The molecule has 19 heavy (non-hydrogen) atoms. The van der Waals surface area contributed by atoms with Gasteiger partial charge in [0.05, 0.1) is 17.4 Å². The SMILES string of the molecule is CCCn1nc(Nc2cccnc2)c2ccccc21. The zero-order valence-electron chi connectivity index (χ0n) is 10.9. The van der Waals surface area contributed by atoms with E-state index in [-0.39, 0.29) is 0 Å². The van der Waals surface area contributed by atoms with E-state index in [1.165, 1.54) is 0 Å². The number of nitrogens with zero attached hydrogens (tertiary/aromatic N) is 3. The number of aryl methyl sites for hydroxylation is 1. The van der Waals surface area contributed by atoms with Gasteiger partial charge in [0.15, 0.2) is 5.82 Å². The molecule has 0 atom stereocenters. The number of aromatic nitrogens is 3. The number of hydrogen-bond donors (Lipinski definition) is 1. The Morgan fingerprint density at radius 3 is 2.84 bits per heavy atom. The van der Waals surface area contributed by atoms with Crippen LogP contribution in [0.2, 0.25) is 0 Å². The molecule has 3 aromatic rings. The van der Waals surface area contributed by atoms with E-state index in [4.69, 9.17) is 0 Å². The minimum Gasteiger partial charge on any atom is -0.337 e. The molecule has 0 aliphatic heterocycles. The predicted molar refractivity (Wildman–Crippen MR) is 77.5 cm³/mol. The number of nitrogens with one attached hydrogen (secondary N) is 1. The average molecular weight is 252 g/mol. The lowest BCUT2D eigenvalue weighted by Gasteiger charge is -2.01. The van der Waals surface area contributed by atoms with Crippen LogP contribution >= 0.6 is 0 Å². The topological polar surface area (TPSA) is 42.7 Å². The number of fused-ring (bicyclic) bond motifs is 1. The molecule has 0 fully saturated rings. The Hall–Kier alpha value is -2.36. The van der Waals surface area contributed by atoms with E-state index >= 15 is 0 Å². The Bertz CT molecular complexity index is 673. The van der Waals surface area contributed by atoms with Crippen molar-refractivity contribution in [3.05, 3.63) is 48.8 Å². The first-order valence-electron chi connectivity index (χ1n) is 6.51. The molecule has 0 bridgehead atoms. The lowest BCUT2D eigenvalue weighted by atomic mass is 10.2. The van der Waals surface area contributed by atoms with Crippen LogP contribution in [0.4, 0.5) is 11.5 Å². The number of anilines is 2. The molecule has 2 aromatic heterocycles. The van der Waals surface area contributed by atoms with Crippen molar-refractivity contribution in [2.24, 2.45) is 0 Å². The molecule has 1 aromatic carbocycles. The van der Waals surface area contributed by atoms with Gasteiger partial charge >= 0.3 is 0 Å². The maximum atomic E-state index is 4.65.